The molecule has 0 aromatic carbocycles. The standard InChI is InChI=1S/C11H17N3O4S/c1-13-8-10(12-9-13)19(15,16)14-4-2-11(3-5-14)17-6-7-18-11/h8-9H,2-7H2,1H3. The fourth-order valence-electron chi connectivity index (χ4n) is 2.51. The van der Waals surface area contributed by atoms with Crippen molar-refractivity contribution < 1.29 is 17.9 Å². The smallest absolute Gasteiger partial charge is 0.262 e. The molecular formula is C11H17N3O4S. The summed E-state index contributed by atoms with van der Waals surface area (Å²) in [4.78, 5) is 3.92. The number of ether oxygens (including phenoxy) is 2. The molecule has 0 atom stereocenters. The minimum atomic E-state index is -3.50. The van der Waals surface area contributed by atoms with Gasteiger partial charge in [0.2, 0.25) is 0 Å². The quantitative estimate of drug-likeness (QED) is 0.762. The van der Waals surface area contributed by atoms with Gasteiger partial charge in [0.05, 0.1) is 19.5 Å². The summed E-state index contributed by atoms with van der Waals surface area (Å²) >= 11 is 0. The van der Waals surface area contributed by atoms with Crippen LogP contribution in [0.3, 0.4) is 0 Å². The molecule has 0 amide bonds. The molecule has 2 fully saturated rings. The van der Waals surface area contributed by atoms with Gasteiger partial charge < -0.3 is 14.0 Å². The average Bonchev–Trinajstić information content (AvgIpc) is 3.00. The van der Waals surface area contributed by atoms with E-state index < -0.39 is 15.8 Å². The Morgan fingerprint density at radius 2 is 1.89 bits per heavy atom. The predicted octanol–water partition coefficient (Wildman–Crippen LogP) is -0.0523. The van der Waals surface area contributed by atoms with Crippen molar-refractivity contribution in [3.8, 4) is 0 Å². The topological polar surface area (TPSA) is 73.7 Å². The van der Waals surface area contributed by atoms with E-state index in [4.69, 9.17) is 9.47 Å². The van der Waals surface area contributed by atoms with Crippen LogP contribution in [0, 0.1) is 0 Å². The van der Waals surface area contributed by atoms with Crippen molar-refractivity contribution in [2.45, 2.75) is 23.7 Å². The fraction of sp³-hybridized carbons (Fsp3) is 0.727. The number of hydrogen-bond donors (Lipinski definition) is 0. The minimum Gasteiger partial charge on any atom is -0.347 e. The first kappa shape index (κ1) is 13.0. The van der Waals surface area contributed by atoms with Crippen molar-refractivity contribution in [2.24, 2.45) is 7.05 Å². The second kappa shape index (κ2) is 4.55. The molecule has 0 unspecified atom stereocenters. The first-order chi connectivity index (χ1) is 9.02. The van der Waals surface area contributed by atoms with E-state index in [2.05, 4.69) is 4.98 Å². The summed E-state index contributed by atoms with van der Waals surface area (Å²) in [7, 11) is -1.75. The highest BCUT2D eigenvalue weighted by atomic mass is 32.2. The number of piperidine rings is 1. The molecule has 106 valence electrons. The van der Waals surface area contributed by atoms with Gasteiger partial charge in [0.15, 0.2) is 10.8 Å². The van der Waals surface area contributed by atoms with Crippen LogP contribution >= 0.6 is 0 Å². The number of aromatic nitrogens is 2. The molecule has 0 bridgehead atoms. The molecule has 8 heteroatoms. The van der Waals surface area contributed by atoms with Gasteiger partial charge in [-0.15, -0.1) is 0 Å². The number of imidazole rings is 1. The molecule has 3 rings (SSSR count). The number of aryl methyl sites for hydroxylation is 1. The summed E-state index contributed by atoms with van der Waals surface area (Å²) in [5, 5.41) is 0.0965. The van der Waals surface area contributed by atoms with Crippen molar-refractivity contribution in [2.75, 3.05) is 26.3 Å². The lowest BCUT2D eigenvalue weighted by molar-refractivity contribution is -0.179. The van der Waals surface area contributed by atoms with Crippen molar-refractivity contribution in [3.63, 3.8) is 0 Å². The SMILES string of the molecule is Cn1cnc(S(=O)(=O)N2CCC3(CC2)OCCO3)c1. The van der Waals surface area contributed by atoms with Crippen molar-refractivity contribution in [1.29, 1.82) is 0 Å². The Kier molecular flexibility index (Phi) is 3.12. The molecule has 3 heterocycles. The summed E-state index contributed by atoms with van der Waals surface area (Å²) in [6, 6.07) is 0. The second-order valence-electron chi connectivity index (χ2n) is 4.89. The lowest BCUT2D eigenvalue weighted by Crippen LogP contribution is -2.47. The number of nitrogens with zero attached hydrogens (tertiary/aromatic N) is 3. The third kappa shape index (κ3) is 2.29. The Balaban J connectivity index is 1.74. The lowest BCUT2D eigenvalue weighted by Gasteiger charge is -2.36. The zero-order chi connectivity index (χ0) is 13.5. The van der Waals surface area contributed by atoms with Gasteiger partial charge in [-0.3, -0.25) is 0 Å². The summed E-state index contributed by atoms with van der Waals surface area (Å²) < 4.78 is 39.0. The van der Waals surface area contributed by atoms with Crippen LogP contribution in [-0.4, -0.2) is 54.4 Å². The first-order valence-corrected chi connectivity index (χ1v) is 7.72. The Morgan fingerprint density at radius 3 is 2.42 bits per heavy atom. The zero-order valence-corrected chi connectivity index (χ0v) is 11.6. The summed E-state index contributed by atoms with van der Waals surface area (Å²) in [5.41, 5.74) is 0. The van der Waals surface area contributed by atoms with Crippen molar-refractivity contribution in [1.82, 2.24) is 13.9 Å². The molecule has 0 aliphatic carbocycles. The van der Waals surface area contributed by atoms with Crippen LogP contribution in [0.25, 0.3) is 0 Å². The molecule has 1 aromatic heterocycles. The molecule has 19 heavy (non-hydrogen) atoms. The molecule has 0 radical (unpaired) electrons. The van der Waals surface area contributed by atoms with Crippen LogP contribution in [-0.2, 0) is 26.5 Å². The van der Waals surface area contributed by atoms with Gasteiger partial charge in [-0.1, -0.05) is 0 Å². The highest BCUT2D eigenvalue weighted by Gasteiger charge is 2.43. The highest BCUT2D eigenvalue weighted by Crippen LogP contribution is 2.33. The molecule has 0 N–H and O–H groups in total. The largest absolute Gasteiger partial charge is 0.347 e. The van der Waals surface area contributed by atoms with Crippen LogP contribution in [0.2, 0.25) is 0 Å². The average molecular weight is 287 g/mol. The molecule has 2 aliphatic rings. The Labute approximate surface area is 112 Å². The van der Waals surface area contributed by atoms with E-state index in [0.717, 1.165) is 0 Å². The molecule has 1 aromatic rings. The number of sulfonamides is 1. The number of hydrogen-bond acceptors (Lipinski definition) is 5. The van der Waals surface area contributed by atoms with E-state index in [1.54, 1.807) is 11.6 Å². The molecule has 2 aliphatic heterocycles. The van der Waals surface area contributed by atoms with E-state index in [-0.39, 0.29) is 5.03 Å². The Hall–Kier alpha value is -0.960. The van der Waals surface area contributed by atoms with Gasteiger partial charge in [-0.25, -0.2) is 13.4 Å². The van der Waals surface area contributed by atoms with E-state index in [0.29, 0.717) is 39.1 Å². The summed E-state index contributed by atoms with van der Waals surface area (Å²) in [6.45, 7) is 1.98. The Morgan fingerprint density at radius 1 is 1.26 bits per heavy atom. The number of rotatable bonds is 2. The van der Waals surface area contributed by atoms with E-state index in [1.165, 1.54) is 16.8 Å². The minimum absolute atomic E-state index is 0.0965. The first-order valence-electron chi connectivity index (χ1n) is 6.28. The maximum absolute atomic E-state index is 12.4. The monoisotopic (exact) mass is 287 g/mol. The maximum atomic E-state index is 12.4. The van der Waals surface area contributed by atoms with Gasteiger partial charge in [-0.2, -0.15) is 4.31 Å². The van der Waals surface area contributed by atoms with Crippen LogP contribution in [0.15, 0.2) is 17.6 Å². The van der Waals surface area contributed by atoms with Crippen LogP contribution in [0.5, 0.6) is 0 Å². The molecule has 2 saturated heterocycles. The molecule has 0 saturated carbocycles. The van der Waals surface area contributed by atoms with E-state index in [9.17, 15) is 8.42 Å². The molecular weight excluding hydrogens is 270 g/mol. The van der Waals surface area contributed by atoms with Gasteiger partial charge in [0, 0.05) is 39.2 Å². The van der Waals surface area contributed by atoms with Gasteiger partial charge in [0.1, 0.15) is 0 Å². The lowest BCUT2D eigenvalue weighted by atomic mass is 10.1. The molecule has 7 nitrogen and oxygen atoms in total. The third-order valence-corrected chi connectivity index (χ3v) is 5.37. The van der Waals surface area contributed by atoms with Crippen molar-refractivity contribution in [3.05, 3.63) is 12.5 Å². The van der Waals surface area contributed by atoms with Crippen LogP contribution in [0.4, 0.5) is 0 Å². The van der Waals surface area contributed by atoms with Gasteiger partial charge >= 0.3 is 0 Å². The van der Waals surface area contributed by atoms with E-state index >= 15 is 0 Å². The second-order valence-corrected chi connectivity index (χ2v) is 6.77. The predicted molar refractivity (Wildman–Crippen MR) is 65.8 cm³/mol. The zero-order valence-electron chi connectivity index (χ0n) is 10.8. The molecule has 1 spiro atoms. The van der Waals surface area contributed by atoms with E-state index in [1.807, 2.05) is 0 Å². The third-order valence-electron chi connectivity index (χ3n) is 3.58. The summed E-state index contributed by atoms with van der Waals surface area (Å²) in [5.74, 6) is -0.559. The van der Waals surface area contributed by atoms with Crippen LogP contribution < -0.4 is 0 Å². The highest BCUT2D eigenvalue weighted by molar-refractivity contribution is 7.89. The van der Waals surface area contributed by atoms with Gasteiger partial charge in [-0.05, 0) is 0 Å². The van der Waals surface area contributed by atoms with Crippen molar-refractivity contribution >= 4 is 10.0 Å². The van der Waals surface area contributed by atoms with Gasteiger partial charge in [0.25, 0.3) is 10.0 Å². The summed E-state index contributed by atoms with van der Waals surface area (Å²) in [6.07, 6.45) is 4.14. The Bertz CT molecular complexity index is 552. The van der Waals surface area contributed by atoms with Crippen LogP contribution in [0.1, 0.15) is 12.8 Å². The normalized spacial score (nSPS) is 24.1. The fourth-order valence-corrected chi connectivity index (χ4v) is 3.91. The maximum Gasteiger partial charge on any atom is 0.262 e.